The Hall–Kier alpha value is -3.31. The molecule has 1 spiro atoms. The lowest BCUT2D eigenvalue weighted by molar-refractivity contribution is -0.125. The number of rotatable bonds is 6. The zero-order valence-electron chi connectivity index (χ0n) is 23.2. The molecule has 0 bridgehead atoms. The lowest BCUT2D eigenvalue weighted by Crippen LogP contribution is -2.59. The minimum Gasteiger partial charge on any atom is -0.368 e. The second-order valence-corrected chi connectivity index (χ2v) is 11.1. The van der Waals surface area contributed by atoms with E-state index < -0.39 is 12.0 Å². The summed E-state index contributed by atoms with van der Waals surface area (Å²) in [5, 5.41) is 4.53. The van der Waals surface area contributed by atoms with Gasteiger partial charge in [0.05, 0.1) is 31.7 Å². The summed E-state index contributed by atoms with van der Waals surface area (Å²) >= 11 is 0. The zero-order valence-corrected chi connectivity index (χ0v) is 23.2. The Bertz CT molecular complexity index is 1310. The Morgan fingerprint density at radius 2 is 1.95 bits per heavy atom. The molecule has 0 saturated carbocycles. The van der Waals surface area contributed by atoms with Crippen LogP contribution in [0, 0.1) is 6.92 Å². The second kappa shape index (κ2) is 10.6. The molecule has 0 aromatic carbocycles. The van der Waals surface area contributed by atoms with Gasteiger partial charge in [0, 0.05) is 62.6 Å². The van der Waals surface area contributed by atoms with Gasteiger partial charge in [-0.25, -0.2) is 13.8 Å². The molecule has 0 aliphatic carbocycles. The predicted octanol–water partition coefficient (Wildman–Crippen LogP) is 3.56. The summed E-state index contributed by atoms with van der Waals surface area (Å²) in [5.74, 6) is 0.526. The largest absolute Gasteiger partial charge is 0.368 e. The average Bonchev–Trinajstić information content (AvgIpc) is 3.56. The highest BCUT2D eigenvalue weighted by Gasteiger charge is 2.44. The number of fused-ring (bicyclic) bond motifs is 2. The first-order chi connectivity index (χ1) is 19.3. The number of aromatic nitrogens is 3. The fraction of sp³-hybridized carbons (Fsp3) is 0.552. The van der Waals surface area contributed by atoms with E-state index in [1.807, 2.05) is 19.2 Å². The normalized spacial score (nSPS) is 21.5. The number of aryl methyl sites for hydroxylation is 1. The van der Waals surface area contributed by atoms with Crippen LogP contribution in [0.3, 0.4) is 0 Å². The van der Waals surface area contributed by atoms with Gasteiger partial charge in [-0.1, -0.05) is 18.7 Å². The maximum Gasteiger partial charge on any atom is 0.281 e. The molecule has 214 valence electrons. The molecule has 0 atom stereocenters. The Balaban J connectivity index is 1.22. The monoisotopic (exact) mass is 553 g/mol. The summed E-state index contributed by atoms with van der Waals surface area (Å²) in [4.78, 5) is 24.9. The third-order valence-corrected chi connectivity index (χ3v) is 8.84. The average molecular weight is 554 g/mol. The summed E-state index contributed by atoms with van der Waals surface area (Å²) in [7, 11) is 0. The molecular weight excluding hydrogens is 516 g/mol. The molecule has 40 heavy (non-hydrogen) atoms. The van der Waals surface area contributed by atoms with Gasteiger partial charge in [-0.15, -0.1) is 0 Å². The highest BCUT2D eigenvalue weighted by Crippen LogP contribution is 2.43. The quantitative estimate of drug-likeness (QED) is 0.507. The number of pyridine rings is 1. The van der Waals surface area contributed by atoms with Crippen molar-refractivity contribution >= 4 is 23.5 Å². The third kappa shape index (κ3) is 4.58. The maximum atomic E-state index is 14.4. The van der Waals surface area contributed by atoms with Gasteiger partial charge in [0.25, 0.3) is 6.43 Å². The van der Waals surface area contributed by atoms with Gasteiger partial charge in [0.1, 0.15) is 17.1 Å². The van der Waals surface area contributed by atoms with Gasteiger partial charge in [0.2, 0.25) is 5.91 Å². The van der Waals surface area contributed by atoms with Crippen molar-refractivity contribution in [2.75, 3.05) is 62.3 Å². The Morgan fingerprint density at radius 1 is 1.18 bits per heavy atom. The van der Waals surface area contributed by atoms with E-state index in [4.69, 9.17) is 4.74 Å². The summed E-state index contributed by atoms with van der Waals surface area (Å²) in [5.41, 5.74) is 2.97. The fourth-order valence-electron chi connectivity index (χ4n) is 6.69. The maximum absolute atomic E-state index is 14.4. The molecule has 3 fully saturated rings. The Labute approximate surface area is 233 Å². The highest BCUT2D eigenvalue weighted by molar-refractivity contribution is 5.87. The first-order valence-electron chi connectivity index (χ1n) is 14.1. The fourth-order valence-corrected chi connectivity index (χ4v) is 6.69. The lowest BCUT2D eigenvalue weighted by atomic mass is 9.85. The molecule has 0 N–H and O–H groups in total. The van der Waals surface area contributed by atoms with E-state index in [0.29, 0.717) is 57.4 Å². The number of nitrogens with zero attached hydrogens (tertiary/aromatic N) is 7. The number of carbonyl (C=O) groups is 1. The van der Waals surface area contributed by atoms with Crippen LogP contribution in [0.5, 0.6) is 0 Å². The topological polar surface area (TPSA) is 70.0 Å². The summed E-state index contributed by atoms with van der Waals surface area (Å²) in [6, 6.07) is 2.24. The van der Waals surface area contributed by atoms with E-state index in [1.54, 1.807) is 17.1 Å². The van der Waals surface area contributed by atoms with Crippen molar-refractivity contribution in [2.45, 2.75) is 51.3 Å². The summed E-state index contributed by atoms with van der Waals surface area (Å²) in [6.45, 7) is 13.7. The Morgan fingerprint density at radius 3 is 2.65 bits per heavy atom. The zero-order chi connectivity index (χ0) is 28.0. The van der Waals surface area contributed by atoms with E-state index in [0.717, 1.165) is 42.9 Å². The van der Waals surface area contributed by atoms with Crippen LogP contribution in [-0.4, -0.2) is 89.1 Å². The number of hydrogen-bond acceptors (Lipinski definition) is 7. The van der Waals surface area contributed by atoms with Crippen molar-refractivity contribution in [3.8, 4) is 0 Å². The standard InChI is InChI=1S/C29H37F2N7O2/c1-4-6-22-23(37-17-21(18-37)35-11-12-36(19-35)25(39)5-2)15-24(33-26(22)28(30)31)34-9-7-29(8-10-34)27-20(3)16-32-38(27)13-14-40-29/h4-6,15-16,21,28H,2,7-14,17-19H2,1,3H3/b6-4-. The molecule has 4 aliphatic rings. The van der Waals surface area contributed by atoms with Gasteiger partial charge in [0.15, 0.2) is 0 Å². The third-order valence-electron chi connectivity index (χ3n) is 8.84. The summed E-state index contributed by atoms with van der Waals surface area (Å²) in [6.07, 6.45) is 5.59. The summed E-state index contributed by atoms with van der Waals surface area (Å²) < 4.78 is 37.2. The molecule has 0 radical (unpaired) electrons. The number of piperidine rings is 1. The van der Waals surface area contributed by atoms with Crippen LogP contribution in [0.1, 0.15) is 48.7 Å². The molecule has 0 unspecified atom stereocenters. The smallest absolute Gasteiger partial charge is 0.281 e. The van der Waals surface area contributed by atoms with E-state index >= 15 is 0 Å². The number of allylic oxidation sites excluding steroid dienone is 1. The van der Waals surface area contributed by atoms with Gasteiger partial charge in [-0.05, 0) is 38.3 Å². The number of alkyl halides is 2. The van der Waals surface area contributed by atoms with Gasteiger partial charge in [-0.3, -0.25) is 14.4 Å². The van der Waals surface area contributed by atoms with E-state index in [1.165, 1.54) is 6.08 Å². The number of ether oxygens (including phenoxy) is 1. The molecule has 6 heterocycles. The van der Waals surface area contributed by atoms with Crippen molar-refractivity contribution < 1.29 is 18.3 Å². The highest BCUT2D eigenvalue weighted by atomic mass is 19.3. The van der Waals surface area contributed by atoms with Crippen LogP contribution in [0.2, 0.25) is 0 Å². The van der Waals surface area contributed by atoms with Crippen LogP contribution in [0.15, 0.2) is 31.0 Å². The SMILES string of the molecule is C=CC(=O)N1CCN(C2CN(c3cc(N4CCC5(CC4)OCCn4ncc(C)c45)nc(C(F)F)c3/C=C\C)C2)C1. The van der Waals surface area contributed by atoms with Crippen molar-refractivity contribution in [2.24, 2.45) is 0 Å². The Kier molecular flexibility index (Phi) is 7.12. The molecular formula is C29H37F2N7O2. The minimum atomic E-state index is -2.69. The van der Waals surface area contributed by atoms with Gasteiger partial charge >= 0.3 is 0 Å². The van der Waals surface area contributed by atoms with Crippen LogP contribution in [0.4, 0.5) is 20.3 Å². The molecule has 9 nitrogen and oxygen atoms in total. The predicted molar refractivity (Wildman–Crippen MR) is 149 cm³/mol. The minimum absolute atomic E-state index is 0.0593. The van der Waals surface area contributed by atoms with Crippen molar-refractivity contribution in [1.82, 2.24) is 24.6 Å². The number of halogens is 2. The van der Waals surface area contributed by atoms with E-state index in [9.17, 15) is 13.6 Å². The molecule has 2 aromatic heterocycles. The lowest BCUT2D eigenvalue weighted by Gasteiger charge is -2.47. The van der Waals surface area contributed by atoms with Crippen LogP contribution < -0.4 is 9.80 Å². The molecule has 6 rings (SSSR count). The number of hydrogen-bond donors (Lipinski definition) is 0. The first-order valence-corrected chi connectivity index (χ1v) is 14.1. The van der Waals surface area contributed by atoms with Crippen molar-refractivity contribution in [1.29, 1.82) is 0 Å². The van der Waals surface area contributed by atoms with Gasteiger partial charge in [-0.2, -0.15) is 5.10 Å². The molecule has 1 amide bonds. The number of anilines is 2. The van der Waals surface area contributed by atoms with E-state index in [-0.39, 0.29) is 17.6 Å². The molecule has 4 aliphatic heterocycles. The first kappa shape index (κ1) is 26.9. The van der Waals surface area contributed by atoms with Crippen LogP contribution >= 0.6 is 0 Å². The van der Waals surface area contributed by atoms with E-state index in [2.05, 4.69) is 43.0 Å². The molecule has 11 heteroatoms. The molecule has 2 aromatic rings. The number of carbonyl (C=O) groups excluding carboxylic acids is 1. The van der Waals surface area contributed by atoms with Crippen LogP contribution in [-0.2, 0) is 21.7 Å². The van der Waals surface area contributed by atoms with Crippen molar-refractivity contribution in [3.63, 3.8) is 0 Å². The number of amides is 1. The molecule has 3 saturated heterocycles. The van der Waals surface area contributed by atoms with Crippen molar-refractivity contribution in [3.05, 3.63) is 53.5 Å². The second-order valence-electron chi connectivity index (χ2n) is 11.1. The van der Waals surface area contributed by atoms with Crippen LogP contribution in [0.25, 0.3) is 6.08 Å². The van der Waals surface area contributed by atoms with Gasteiger partial charge < -0.3 is 19.4 Å².